The lowest BCUT2D eigenvalue weighted by atomic mass is 10.3. The fourth-order valence-electron chi connectivity index (χ4n) is 0.920. The van der Waals surface area contributed by atoms with Crippen molar-refractivity contribution in [1.29, 1.82) is 0 Å². The van der Waals surface area contributed by atoms with E-state index in [2.05, 4.69) is 17.2 Å². The minimum Gasteiger partial charge on any atom is -0.436 e. The number of halogens is 2. The number of benzene rings is 1. The van der Waals surface area contributed by atoms with Crippen molar-refractivity contribution in [2.24, 2.45) is 0 Å². The van der Waals surface area contributed by atoms with Gasteiger partial charge in [0.2, 0.25) is 0 Å². The van der Waals surface area contributed by atoms with Gasteiger partial charge in [-0.2, -0.15) is 0 Å². The summed E-state index contributed by atoms with van der Waals surface area (Å²) >= 11 is 11.1. The van der Waals surface area contributed by atoms with Gasteiger partial charge < -0.3 is 4.74 Å². The highest BCUT2D eigenvalue weighted by molar-refractivity contribution is 6.30. The van der Waals surface area contributed by atoms with Gasteiger partial charge in [0.1, 0.15) is 0 Å². The van der Waals surface area contributed by atoms with Crippen LogP contribution in [0.4, 0.5) is 10.5 Å². The van der Waals surface area contributed by atoms with Crippen LogP contribution in [0, 0.1) is 11.8 Å². The maximum Gasteiger partial charge on any atom is 0.412 e. The van der Waals surface area contributed by atoms with Gasteiger partial charge in [-0.15, -0.1) is 11.6 Å². The monoisotopic (exact) mass is 273 g/mol. The molecule has 1 rings (SSSR count). The van der Waals surface area contributed by atoms with E-state index in [4.69, 9.17) is 27.9 Å². The number of carbonyl (C=O) groups excluding carboxylic acids is 1. The van der Waals surface area contributed by atoms with E-state index < -0.39 is 6.09 Å². The normalized spacial score (nSPS) is 8.35. The molecule has 92 valence electrons. The molecule has 0 unspecified atom stereocenters. The lowest BCUT2D eigenvalue weighted by molar-refractivity contribution is 0.176. The number of anilines is 1. The molecule has 1 amide bonds. The van der Waals surface area contributed by atoms with Crippen LogP contribution in [0.25, 0.3) is 0 Å². The molecule has 0 heterocycles. The smallest absolute Gasteiger partial charge is 0.412 e. The zero-order valence-corrected chi connectivity index (χ0v) is 9.81. The fourth-order valence-corrected chi connectivity index (χ4v) is 1.20. The van der Waals surface area contributed by atoms with Crippen LogP contribution in [0.3, 0.4) is 0 Å². The number of amides is 1. The summed E-state index contributed by atoms with van der Waals surface area (Å²) in [6, 6.07) is 6.76. The van der Waals surface area contributed by atoms with E-state index in [9.17, 15) is 4.79 Å². The Balaban J connectivity index is 0.00000256. The van der Waals surface area contributed by atoms with Crippen molar-refractivity contribution in [3.8, 4) is 11.8 Å². The highest BCUT2D eigenvalue weighted by atomic mass is 35.5. The van der Waals surface area contributed by atoms with E-state index in [1.807, 2.05) is 0 Å². The van der Waals surface area contributed by atoms with Gasteiger partial charge in [0.25, 0.3) is 0 Å². The Labute approximate surface area is 111 Å². The molecule has 0 aromatic heterocycles. The Kier molecular flexibility index (Phi) is 8.04. The molecule has 0 aliphatic rings. The first-order valence-electron chi connectivity index (χ1n) is 4.43. The third kappa shape index (κ3) is 6.72. The number of ether oxygens (including phenoxy) is 1. The number of nitrogens with one attached hydrogen (secondary N) is 1. The van der Waals surface area contributed by atoms with Crippen molar-refractivity contribution in [3.05, 3.63) is 29.3 Å². The number of hydrogen-bond acceptors (Lipinski definition) is 2. The maximum absolute atomic E-state index is 11.2. The van der Waals surface area contributed by atoms with Crippen LogP contribution >= 0.6 is 23.2 Å². The van der Waals surface area contributed by atoms with Crippen LogP contribution in [-0.4, -0.2) is 18.6 Å². The van der Waals surface area contributed by atoms with Crippen LogP contribution in [0.2, 0.25) is 5.02 Å². The number of hydrogen-bond donors (Lipinski definition) is 1. The van der Waals surface area contributed by atoms with Gasteiger partial charge in [-0.1, -0.05) is 36.9 Å². The molecule has 0 saturated heterocycles. The average Bonchev–Trinajstić information content (AvgIpc) is 2.24. The average molecular weight is 274 g/mol. The Morgan fingerprint density at radius 1 is 1.41 bits per heavy atom. The lowest BCUT2D eigenvalue weighted by Crippen LogP contribution is -2.13. The van der Waals surface area contributed by atoms with E-state index >= 15 is 0 Å². The molecule has 1 aromatic rings. The summed E-state index contributed by atoms with van der Waals surface area (Å²) in [6.07, 6.45) is -0.578. The van der Waals surface area contributed by atoms with Gasteiger partial charge in [-0.05, 0) is 18.2 Å². The molecule has 5 heteroatoms. The van der Waals surface area contributed by atoms with E-state index in [0.717, 1.165) is 0 Å². The molecule has 17 heavy (non-hydrogen) atoms. The summed E-state index contributed by atoms with van der Waals surface area (Å²) < 4.78 is 4.76. The third-order valence-electron chi connectivity index (χ3n) is 1.54. The fraction of sp³-hybridized carbons (Fsp3) is 0.250. The molecular formula is C12H13Cl2NO2. The Morgan fingerprint density at radius 3 is 2.82 bits per heavy atom. The second kappa shape index (κ2) is 8.74. The zero-order chi connectivity index (χ0) is 11.8. The summed E-state index contributed by atoms with van der Waals surface area (Å²) in [4.78, 5) is 11.2. The van der Waals surface area contributed by atoms with Gasteiger partial charge in [0.15, 0.2) is 6.61 Å². The highest BCUT2D eigenvalue weighted by Gasteiger charge is 2.01. The number of rotatable bonds is 2. The Morgan fingerprint density at radius 2 is 2.18 bits per heavy atom. The van der Waals surface area contributed by atoms with Gasteiger partial charge in [0.05, 0.1) is 5.88 Å². The van der Waals surface area contributed by atoms with Gasteiger partial charge in [-0.25, -0.2) is 4.79 Å². The molecule has 0 bridgehead atoms. The van der Waals surface area contributed by atoms with E-state index in [1.54, 1.807) is 24.3 Å². The van der Waals surface area contributed by atoms with E-state index in [1.165, 1.54) is 0 Å². The van der Waals surface area contributed by atoms with Crippen molar-refractivity contribution in [2.45, 2.75) is 7.43 Å². The Bertz CT molecular complexity index is 424. The van der Waals surface area contributed by atoms with Crippen LogP contribution in [0.15, 0.2) is 24.3 Å². The standard InChI is InChI=1S/C11H9Cl2NO2.CH4/c12-6-1-2-7-16-11(15)14-10-5-3-4-9(13)8-10;/h3-5,8H,6-7H2,(H,14,15);1H4. The molecular weight excluding hydrogens is 261 g/mol. The summed E-state index contributed by atoms with van der Waals surface area (Å²) in [6.45, 7) is 0.0130. The lowest BCUT2D eigenvalue weighted by Gasteiger charge is -2.04. The SMILES string of the molecule is C.O=C(Nc1cccc(Cl)c1)OCC#CCCl. The van der Waals surface area contributed by atoms with Crippen molar-refractivity contribution >= 4 is 35.0 Å². The minimum absolute atomic E-state index is 0. The quantitative estimate of drug-likeness (QED) is 0.658. The Hall–Kier alpha value is -1.37. The highest BCUT2D eigenvalue weighted by Crippen LogP contribution is 2.14. The van der Waals surface area contributed by atoms with Crippen molar-refractivity contribution in [1.82, 2.24) is 0 Å². The van der Waals surface area contributed by atoms with Crippen LogP contribution in [-0.2, 0) is 4.74 Å². The summed E-state index contributed by atoms with van der Waals surface area (Å²) in [7, 11) is 0. The summed E-state index contributed by atoms with van der Waals surface area (Å²) in [5.74, 6) is 5.36. The first kappa shape index (κ1) is 15.6. The van der Waals surface area contributed by atoms with Crippen LogP contribution in [0.1, 0.15) is 7.43 Å². The molecule has 1 aromatic carbocycles. The van der Waals surface area contributed by atoms with E-state index in [-0.39, 0.29) is 19.9 Å². The van der Waals surface area contributed by atoms with Gasteiger partial charge >= 0.3 is 6.09 Å². The molecule has 0 saturated carbocycles. The summed E-state index contributed by atoms with van der Waals surface area (Å²) in [5, 5.41) is 3.05. The molecule has 0 fully saturated rings. The van der Waals surface area contributed by atoms with Crippen molar-refractivity contribution < 1.29 is 9.53 Å². The number of carbonyl (C=O) groups is 1. The third-order valence-corrected chi connectivity index (χ3v) is 1.91. The molecule has 1 N–H and O–H groups in total. The largest absolute Gasteiger partial charge is 0.436 e. The summed E-state index contributed by atoms with van der Waals surface area (Å²) in [5.41, 5.74) is 0.572. The van der Waals surface area contributed by atoms with Crippen LogP contribution < -0.4 is 5.32 Å². The second-order valence-electron chi connectivity index (χ2n) is 2.70. The van der Waals surface area contributed by atoms with Crippen molar-refractivity contribution in [3.63, 3.8) is 0 Å². The van der Waals surface area contributed by atoms with Gasteiger partial charge in [0, 0.05) is 10.7 Å². The van der Waals surface area contributed by atoms with E-state index in [0.29, 0.717) is 10.7 Å². The molecule has 0 aliphatic heterocycles. The molecule has 0 aliphatic carbocycles. The van der Waals surface area contributed by atoms with Gasteiger partial charge in [-0.3, -0.25) is 5.32 Å². The zero-order valence-electron chi connectivity index (χ0n) is 8.30. The maximum atomic E-state index is 11.2. The van der Waals surface area contributed by atoms with Crippen LogP contribution in [0.5, 0.6) is 0 Å². The number of alkyl halides is 1. The molecule has 0 radical (unpaired) electrons. The first-order chi connectivity index (χ1) is 7.72. The first-order valence-corrected chi connectivity index (χ1v) is 5.34. The molecule has 0 atom stereocenters. The van der Waals surface area contributed by atoms with Crippen molar-refractivity contribution in [2.75, 3.05) is 17.8 Å². The topological polar surface area (TPSA) is 38.3 Å². The second-order valence-corrected chi connectivity index (χ2v) is 3.40. The molecule has 3 nitrogen and oxygen atoms in total. The predicted octanol–water partition coefficient (Wildman–Crippen LogP) is 3.77. The minimum atomic E-state index is -0.578. The predicted molar refractivity (Wildman–Crippen MR) is 71.6 cm³/mol. The molecule has 0 spiro atoms.